The van der Waals surface area contributed by atoms with Crippen LogP contribution in [0.4, 0.5) is 0 Å². The van der Waals surface area contributed by atoms with Gasteiger partial charge in [0.25, 0.3) is 0 Å². The van der Waals surface area contributed by atoms with Crippen molar-refractivity contribution < 1.29 is 0 Å². The largest absolute Gasteiger partial charge is 0.0991 e. The lowest BCUT2D eigenvalue weighted by Gasteiger charge is -2.08. The molecule has 0 aromatic carbocycles. The third-order valence-electron chi connectivity index (χ3n) is 2.23. The van der Waals surface area contributed by atoms with Crippen molar-refractivity contribution in [3.63, 3.8) is 0 Å². The Hall–Kier alpha value is -0.780. The highest BCUT2D eigenvalue weighted by atomic mass is 14.0. The average molecular weight is 164 g/mol. The number of hydrogen-bond acceptors (Lipinski definition) is 0. The second kappa shape index (κ2) is 5.82. The smallest absolute Gasteiger partial charge is 0.0234 e. The minimum absolute atomic E-state index is 0.693. The molecule has 0 nitrogen and oxygen atoms in total. The molecule has 12 heavy (non-hydrogen) atoms. The summed E-state index contributed by atoms with van der Waals surface area (Å²) in [6.07, 6.45) is 7.31. The van der Waals surface area contributed by atoms with Crippen LogP contribution in [-0.2, 0) is 0 Å². The van der Waals surface area contributed by atoms with Crippen LogP contribution < -0.4 is 0 Å². The molecule has 0 heterocycles. The van der Waals surface area contributed by atoms with Crippen LogP contribution in [0.5, 0.6) is 0 Å². The zero-order chi connectivity index (χ0) is 9.56. The van der Waals surface area contributed by atoms with Crippen molar-refractivity contribution in [1.29, 1.82) is 0 Å². The van der Waals surface area contributed by atoms with E-state index in [9.17, 15) is 0 Å². The monoisotopic (exact) mass is 164 g/mol. The van der Waals surface area contributed by atoms with E-state index in [2.05, 4.69) is 40.3 Å². The van der Waals surface area contributed by atoms with Crippen molar-refractivity contribution in [2.45, 2.75) is 34.1 Å². The molecule has 0 amide bonds. The fourth-order valence-electron chi connectivity index (χ4n) is 1.06. The number of hydrogen-bond donors (Lipinski definition) is 0. The van der Waals surface area contributed by atoms with Crippen LogP contribution in [0.1, 0.15) is 34.1 Å². The number of rotatable bonds is 4. The first-order valence-electron chi connectivity index (χ1n) is 4.59. The summed E-state index contributed by atoms with van der Waals surface area (Å²) in [6, 6.07) is 0. The molecule has 1 atom stereocenters. The summed E-state index contributed by atoms with van der Waals surface area (Å²) in [5.74, 6) is 0.693. The summed E-state index contributed by atoms with van der Waals surface area (Å²) in [7, 11) is 0. The van der Waals surface area contributed by atoms with Crippen LogP contribution in [0.2, 0.25) is 0 Å². The molecule has 1 unspecified atom stereocenters. The van der Waals surface area contributed by atoms with E-state index in [1.54, 1.807) is 0 Å². The minimum atomic E-state index is 0.693. The summed E-state index contributed by atoms with van der Waals surface area (Å²) < 4.78 is 0. The molecule has 0 saturated heterocycles. The lowest BCUT2D eigenvalue weighted by atomic mass is 9.98. The first kappa shape index (κ1) is 11.2. The van der Waals surface area contributed by atoms with Gasteiger partial charge in [0.05, 0.1) is 0 Å². The molecule has 0 fully saturated rings. The molecule has 0 heteroatoms. The van der Waals surface area contributed by atoms with Gasteiger partial charge in [0.2, 0.25) is 0 Å². The Labute approximate surface area is 76.7 Å². The van der Waals surface area contributed by atoms with Gasteiger partial charge in [0.1, 0.15) is 0 Å². The average Bonchev–Trinajstić information content (AvgIpc) is 2.03. The molecular weight excluding hydrogens is 144 g/mol. The fraction of sp³-hybridized carbons (Fsp3) is 0.500. The molecule has 0 spiro atoms. The van der Waals surface area contributed by atoms with Crippen molar-refractivity contribution in [3.8, 4) is 0 Å². The summed E-state index contributed by atoms with van der Waals surface area (Å²) in [6.45, 7) is 12.4. The maximum absolute atomic E-state index is 3.67. The molecule has 0 aliphatic rings. The Bertz CT molecular complexity index is 194. The van der Waals surface area contributed by atoms with Gasteiger partial charge in [-0.3, -0.25) is 0 Å². The van der Waals surface area contributed by atoms with E-state index in [1.807, 2.05) is 12.2 Å². The minimum Gasteiger partial charge on any atom is -0.0991 e. The summed E-state index contributed by atoms with van der Waals surface area (Å²) >= 11 is 0. The van der Waals surface area contributed by atoms with Crippen LogP contribution in [-0.4, -0.2) is 0 Å². The topological polar surface area (TPSA) is 0 Å². The molecule has 0 aliphatic carbocycles. The molecule has 0 aliphatic heterocycles. The van der Waals surface area contributed by atoms with Gasteiger partial charge in [-0.05, 0) is 26.2 Å². The lowest BCUT2D eigenvalue weighted by molar-refractivity contribution is 0.655. The van der Waals surface area contributed by atoms with Crippen molar-refractivity contribution in [1.82, 2.24) is 0 Å². The Kier molecular flexibility index (Phi) is 5.44. The number of allylic oxidation sites excluding steroid dienone is 5. The van der Waals surface area contributed by atoms with Gasteiger partial charge in [-0.2, -0.15) is 0 Å². The standard InChI is InChI=1S/C12H20/c1-6-8-10(3)9-12(5)11(4)7-2/h6,8-9,11H,1,7H2,2-5H3/b10-8-,12-9+. The normalized spacial score (nSPS) is 16.0. The van der Waals surface area contributed by atoms with Crippen LogP contribution >= 0.6 is 0 Å². The predicted molar refractivity (Wildman–Crippen MR) is 57.2 cm³/mol. The van der Waals surface area contributed by atoms with Gasteiger partial charge < -0.3 is 0 Å². The highest BCUT2D eigenvalue weighted by Crippen LogP contribution is 2.15. The second-order valence-electron chi connectivity index (χ2n) is 3.34. The van der Waals surface area contributed by atoms with Crippen LogP contribution in [0.25, 0.3) is 0 Å². The molecule has 0 aromatic heterocycles. The first-order valence-corrected chi connectivity index (χ1v) is 4.59. The molecule has 68 valence electrons. The van der Waals surface area contributed by atoms with Crippen molar-refractivity contribution >= 4 is 0 Å². The van der Waals surface area contributed by atoms with E-state index < -0.39 is 0 Å². The highest BCUT2D eigenvalue weighted by Gasteiger charge is 1.99. The first-order chi connectivity index (χ1) is 5.61. The fourth-order valence-corrected chi connectivity index (χ4v) is 1.06. The Morgan fingerprint density at radius 2 is 2.00 bits per heavy atom. The molecular formula is C12H20. The quantitative estimate of drug-likeness (QED) is 0.548. The Morgan fingerprint density at radius 3 is 2.42 bits per heavy atom. The van der Waals surface area contributed by atoms with Crippen molar-refractivity contribution in [2.75, 3.05) is 0 Å². The van der Waals surface area contributed by atoms with E-state index in [0.717, 1.165) is 0 Å². The van der Waals surface area contributed by atoms with Crippen LogP contribution in [0, 0.1) is 5.92 Å². The van der Waals surface area contributed by atoms with E-state index in [4.69, 9.17) is 0 Å². The molecule has 0 bridgehead atoms. The van der Waals surface area contributed by atoms with Gasteiger partial charge in [-0.25, -0.2) is 0 Å². The van der Waals surface area contributed by atoms with Gasteiger partial charge >= 0.3 is 0 Å². The third kappa shape index (κ3) is 4.17. The zero-order valence-electron chi connectivity index (χ0n) is 8.72. The van der Waals surface area contributed by atoms with Gasteiger partial charge in [-0.1, -0.05) is 49.8 Å². The third-order valence-corrected chi connectivity index (χ3v) is 2.23. The van der Waals surface area contributed by atoms with E-state index >= 15 is 0 Å². The van der Waals surface area contributed by atoms with E-state index in [1.165, 1.54) is 17.6 Å². The van der Waals surface area contributed by atoms with Crippen LogP contribution in [0.3, 0.4) is 0 Å². The van der Waals surface area contributed by atoms with E-state index in [-0.39, 0.29) is 0 Å². The molecule has 0 N–H and O–H groups in total. The Morgan fingerprint density at radius 1 is 1.42 bits per heavy atom. The molecule has 0 aromatic rings. The van der Waals surface area contributed by atoms with Gasteiger partial charge in [0, 0.05) is 0 Å². The molecule has 0 rings (SSSR count). The maximum Gasteiger partial charge on any atom is -0.0234 e. The lowest BCUT2D eigenvalue weighted by Crippen LogP contribution is -1.93. The highest BCUT2D eigenvalue weighted by molar-refractivity contribution is 5.24. The van der Waals surface area contributed by atoms with Crippen molar-refractivity contribution in [3.05, 3.63) is 36.0 Å². The summed E-state index contributed by atoms with van der Waals surface area (Å²) in [5.41, 5.74) is 2.73. The van der Waals surface area contributed by atoms with Gasteiger partial charge in [-0.15, -0.1) is 0 Å². The Balaban J connectivity index is 4.34. The maximum atomic E-state index is 3.67. The summed E-state index contributed by atoms with van der Waals surface area (Å²) in [5, 5.41) is 0. The molecule has 0 saturated carbocycles. The van der Waals surface area contributed by atoms with Gasteiger partial charge in [0.15, 0.2) is 0 Å². The molecule has 0 radical (unpaired) electrons. The zero-order valence-corrected chi connectivity index (χ0v) is 8.72. The SMILES string of the molecule is C=C/C=C(C)\C=C(/C)C(C)CC. The predicted octanol–water partition coefficient (Wildman–Crippen LogP) is 4.11. The second-order valence-corrected chi connectivity index (χ2v) is 3.34. The van der Waals surface area contributed by atoms with Crippen molar-refractivity contribution in [2.24, 2.45) is 5.92 Å². The van der Waals surface area contributed by atoms with E-state index in [0.29, 0.717) is 5.92 Å². The van der Waals surface area contributed by atoms with Crippen LogP contribution in [0.15, 0.2) is 36.0 Å². The summed E-state index contributed by atoms with van der Waals surface area (Å²) in [4.78, 5) is 0.